The molecule has 0 radical (unpaired) electrons. The zero-order valence-electron chi connectivity index (χ0n) is 18.4. The first-order chi connectivity index (χ1) is 15.9. The molecule has 0 aliphatic carbocycles. The molecule has 170 valence electrons. The number of rotatable bonds is 8. The summed E-state index contributed by atoms with van der Waals surface area (Å²) in [6, 6.07) is 15.2. The minimum atomic E-state index is -3.66. The molecular weight excluding hydrogens is 454 g/mol. The lowest BCUT2D eigenvalue weighted by atomic mass is 10.1. The Bertz CT molecular complexity index is 1500. The number of thiazole rings is 1. The van der Waals surface area contributed by atoms with Crippen LogP contribution in [-0.4, -0.2) is 48.5 Å². The molecule has 2 aromatic carbocycles. The molecule has 0 amide bonds. The highest BCUT2D eigenvalue weighted by atomic mass is 32.2. The maximum atomic E-state index is 13.1. The van der Waals surface area contributed by atoms with E-state index in [2.05, 4.69) is 42.5 Å². The van der Waals surface area contributed by atoms with Gasteiger partial charge in [-0.25, -0.2) is 13.1 Å². The number of benzene rings is 2. The van der Waals surface area contributed by atoms with Crippen molar-refractivity contribution >= 4 is 43.2 Å². The summed E-state index contributed by atoms with van der Waals surface area (Å²) in [6.45, 7) is 0.986. The number of sulfonamides is 1. The third kappa shape index (κ3) is 4.32. The van der Waals surface area contributed by atoms with Gasteiger partial charge in [-0.15, -0.1) is 11.3 Å². The number of hydrogen-bond donors (Lipinski definition) is 2. The van der Waals surface area contributed by atoms with E-state index in [9.17, 15) is 8.42 Å². The number of para-hydroxylation sites is 1. The monoisotopic (exact) mass is 479 g/mol. The van der Waals surface area contributed by atoms with Crippen molar-refractivity contribution in [3.05, 3.63) is 83.1 Å². The highest BCUT2D eigenvalue weighted by molar-refractivity contribution is 7.89. The maximum Gasteiger partial charge on any atom is 0.240 e. The van der Waals surface area contributed by atoms with Crippen LogP contribution in [0.25, 0.3) is 21.8 Å². The maximum absolute atomic E-state index is 13.1. The lowest BCUT2D eigenvalue weighted by molar-refractivity contribution is 0.301. The number of hydrogen-bond acceptors (Lipinski definition) is 5. The van der Waals surface area contributed by atoms with E-state index >= 15 is 0 Å². The summed E-state index contributed by atoms with van der Waals surface area (Å²) in [7, 11) is 0.279. The van der Waals surface area contributed by atoms with Crippen LogP contribution in [0.15, 0.2) is 77.5 Å². The molecule has 0 spiro atoms. The summed E-state index contributed by atoms with van der Waals surface area (Å²) in [4.78, 5) is 10.7. The molecule has 0 fully saturated rings. The Morgan fingerprint density at radius 3 is 2.82 bits per heavy atom. The molecule has 5 aromatic rings. The van der Waals surface area contributed by atoms with Gasteiger partial charge in [0.1, 0.15) is 0 Å². The second kappa shape index (κ2) is 8.75. The van der Waals surface area contributed by atoms with Gasteiger partial charge in [-0.1, -0.05) is 24.3 Å². The molecule has 0 saturated heterocycles. The Hall–Kier alpha value is -2.98. The Morgan fingerprint density at radius 2 is 2.03 bits per heavy atom. The molecule has 0 bridgehead atoms. The van der Waals surface area contributed by atoms with E-state index < -0.39 is 10.0 Å². The van der Waals surface area contributed by atoms with Gasteiger partial charge in [0.25, 0.3) is 0 Å². The van der Waals surface area contributed by atoms with E-state index in [0.717, 1.165) is 33.9 Å². The molecule has 1 unspecified atom stereocenters. The summed E-state index contributed by atoms with van der Waals surface area (Å²) < 4.78 is 31.2. The zero-order chi connectivity index (χ0) is 23.0. The highest BCUT2D eigenvalue weighted by Gasteiger charge is 2.23. The summed E-state index contributed by atoms with van der Waals surface area (Å²) in [5.41, 5.74) is 4.84. The molecule has 0 saturated carbocycles. The first-order valence-corrected chi connectivity index (χ1v) is 13.0. The van der Waals surface area contributed by atoms with Gasteiger partial charge in [0.15, 0.2) is 0 Å². The fraction of sp³-hybridized carbons (Fsp3) is 0.208. The van der Waals surface area contributed by atoms with Crippen LogP contribution in [0.1, 0.15) is 16.5 Å². The number of likely N-dealkylation sites (N-methyl/N-ethyl adjacent to an activating group) is 1. The minimum Gasteiger partial charge on any atom is -0.361 e. The molecule has 0 aliphatic heterocycles. The Morgan fingerprint density at radius 1 is 1.18 bits per heavy atom. The number of aromatic nitrogens is 3. The van der Waals surface area contributed by atoms with Gasteiger partial charge in [-0.05, 0) is 49.3 Å². The number of nitrogens with one attached hydrogen (secondary N) is 2. The number of aromatic amines is 1. The fourth-order valence-electron chi connectivity index (χ4n) is 4.20. The van der Waals surface area contributed by atoms with E-state index in [1.807, 2.05) is 50.1 Å². The molecule has 33 heavy (non-hydrogen) atoms. The topological polar surface area (TPSA) is 83.0 Å². The first-order valence-electron chi connectivity index (χ1n) is 10.6. The van der Waals surface area contributed by atoms with Gasteiger partial charge in [0.2, 0.25) is 10.0 Å². The van der Waals surface area contributed by atoms with E-state index in [1.165, 1.54) is 4.88 Å². The van der Waals surface area contributed by atoms with Gasteiger partial charge in [-0.2, -0.15) is 0 Å². The Balaban J connectivity index is 1.45. The molecule has 7 nitrogen and oxygen atoms in total. The van der Waals surface area contributed by atoms with Gasteiger partial charge in [0.05, 0.1) is 17.0 Å². The summed E-state index contributed by atoms with van der Waals surface area (Å²) in [5, 5.41) is 2.10. The van der Waals surface area contributed by atoms with Crippen molar-refractivity contribution in [3.8, 4) is 0 Å². The average molecular weight is 480 g/mol. The molecule has 0 aliphatic rings. The summed E-state index contributed by atoms with van der Waals surface area (Å²) in [6.07, 6.45) is 5.82. The summed E-state index contributed by atoms with van der Waals surface area (Å²) in [5.74, 6) is 0. The van der Waals surface area contributed by atoms with Crippen LogP contribution in [0.3, 0.4) is 0 Å². The average Bonchev–Trinajstić information content (AvgIpc) is 3.54. The van der Waals surface area contributed by atoms with Gasteiger partial charge < -0.3 is 14.5 Å². The Kier molecular flexibility index (Phi) is 5.79. The Labute approximate surface area is 196 Å². The predicted molar refractivity (Wildman–Crippen MR) is 133 cm³/mol. The highest BCUT2D eigenvalue weighted by Crippen LogP contribution is 2.30. The minimum absolute atomic E-state index is 0.137. The van der Waals surface area contributed by atoms with Crippen molar-refractivity contribution in [2.24, 2.45) is 0 Å². The molecule has 3 aromatic heterocycles. The third-order valence-electron chi connectivity index (χ3n) is 5.91. The number of fused-ring (bicyclic) bond motifs is 2. The summed E-state index contributed by atoms with van der Waals surface area (Å²) >= 11 is 1.63. The normalized spacial score (nSPS) is 13.3. The fourth-order valence-corrected chi connectivity index (χ4v) is 5.85. The lowest BCUT2D eigenvalue weighted by Crippen LogP contribution is -2.34. The van der Waals surface area contributed by atoms with Gasteiger partial charge >= 0.3 is 0 Å². The van der Waals surface area contributed by atoms with E-state index in [1.54, 1.807) is 29.7 Å². The van der Waals surface area contributed by atoms with Crippen LogP contribution < -0.4 is 4.72 Å². The van der Waals surface area contributed by atoms with Crippen molar-refractivity contribution in [2.75, 3.05) is 20.6 Å². The zero-order valence-corrected chi connectivity index (χ0v) is 20.0. The van der Waals surface area contributed by atoms with Crippen LogP contribution in [0.4, 0.5) is 0 Å². The molecule has 9 heteroatoms. The lowest BCUT2D eigenvalue weighted by Gasteiger charge is -2.24. The quantitative estimate of drug-likeness (QED) is 0.349. The molecule has 2 N–H and O–H groups in total. The van der Waals surface area contributed by atoms with E-state index in [0.29, 0.717) is 0 Å². The van der Waals surface area contributed by atoms with Gasteiger partial charge in [-0.3, -0.25) is 4.98 Å². The van der Waals surface area contributed by atoms with E-state index in [-0.39, 0.29) is 17.5 Å². The van der Waals surface area contributed by atoms with Crippen LogP contribution in [-0.2, 0) is 16.6 Å². The SMILES string of the molecule is CN(C)C(CNS(=O)(=O)c1ccc2cc[nH]c2c1)c1cn(Cc2cncs2)c2ccccc12. The van der Waals surface area contributed by atoms with Crippen LogP contribution >= 0.6 is 11.3 Å². The molecule has 3 heterocycles. The molecule has 5 rings (SSSR count). The van der Waals surface area contributed by atoms with Crippen molar-refractivity contribution in [1.82, 2.24) is 24.2 Å². The van der Waals surface area contributed by atoms with Crippen LogP contribution in [0.5, 0.6) is 0 Å². The van der Waals surface area contributed by atoms with E-state index in [4.69, 9.17) is 0 Å². The molecule has 1 atom stereocenters. The first kappa shape index (κ1) is 21.8. The number of H-pyrrole nitrogens is 1. The smallest absolute Gasteiger partial charge is 0.240 e. The van der Waals surface area contributed by atoms with Crippen molar-refractivity contribution in [1.29, 1.82) is 0 Å². The second-order valence-electron chi connectivity index (χ2n) is 8.26. The van der Waals surface area contributed by atoms with Crippen molar-refractivity contribution in [2.45, 2.75) is 17.5 Å². The largest absolute Gasteiger partial charge is 0.361 e. The standard InChI is InChI=1S/C24H25N5O2S2/c1-28(2)24(13-27-33(30,31)19-8-7-17-9-10-26-22(17)11-19)21-15-29(14-18-12-25-16-32-18)23-6-4-3-5-20(21)23/h3-12,15-16,24,26-27H,13-14H2,1-2H3. The molecular formula is C24H25N5O2S2. The van der Waals surface area contributed by atoms with Crippen LogP contribution in [0.2, 0.25) is 0 Å². The predicted octanol–water partition coefficient (Wildman–Crippen LogP) is 4.21. The number of nitrogens with zero attached hydrogens (tertiary/aromatic N) is 3. The van der Waals surface area contributed by atoms with Crippen molar-refractivity contribution < 1.29 is 8.42 Å². The second-order valence-corrected chi connectivity index (χ2v) is 11.0. The van der Waals surface area contributed by atoms with Gasteiger partial charge in [0, 0.05) is 52.5 Å². The van der Waals surface area contributed by atoms with Crippen molar-refractivity contribution in [3.63, 3.8) is 0 Å². The van der Waals surface area contributed by atoms with Crippen LogP contribution in [0, 0.1) is 0 Å². The third-order valence-corrected chi connectivity index (χ3v) is 8.10.